The van der Waals surface area contributed by atoms with Crippen molar-refractivity contribution in [1.82, 2.24) is 4.98 Å². The zero-order chi connectivity index (χ0) is 10.8. The molecule has 0 amide bonds. The van der Waals surface area contributed by atoms with E-state index in [1.807, 2.05) is 12.1 Å². The monoisotopic (exact) mass is 209 g/mol. The molecule has 3 nitrogen and oxygen atoms in total. The lowest BCUT2D eigenvalue weighted by molar-refractivity contribution is 0.116. The predicted octanol–water partition coefficient (Wildman–Crippen LogP) is 2.15. The van der Waals surface area contributed by atoms with Crippen molar-refractivity contribution >= 4 is 0 Å². The first kappa shape index (κ1) is 12.1. The molecule has 0 saturated carbocycles. The second-order valence-electron chi connectivity index (χ2n) is 3.55. The first-order chi connectivity index (χ1) is 7.43. The Morgan fingerprint density at radius 1 is 1.07 bits per heavy atom. The largest absolute Gasteiger partial charge is 0.396 e. The molecule has 1 N–H and O–H groups in total. The molecule has 0 aromatic carbocycles. The van der Waals surface area contributed by atoms with E-state index >= 15 is 0 Å². The van der Waals surface area contributed by atoms with E-state index < -0.39 is 0 Å². The van der Waals surface area contributed by atoms with Crippen LogP contribution in [0.1, 0.15) is 31.2 Å². The maximum atomic E-state index is 8.58. The van der Waals surface area contributed by atoms with E-state index in [-0.39, 0.29) is 0 Å². The molecule has 84 valence electrons. The summed E-state index contributed by atoms with van der Waals surface area (Å²) >= 11 is 0. The van der Waals surface area contributed by atoms with Gasteiger partial charge in [0, 0.05) is 25.6 Å². The molecule has 0 saturated heterocycles. The Kier molecular flexibility index (Phi) is 6.79. The van der Waals surface area contributed by atoms with E-state index in [0.29, 0.717) is 13.2 Å². The minimum atomic E-state index is 0.303. The van der Waals surface area contributed by atoms with Crippen LogP contribution < -0.4 is 0 Å². The Morgan fingerprint density at radius 3 is 2.53 bits per heavy atom. The van der Waals surface area contributed by atoms with E-state index in [9.17, 15) is 0 Å². The molecule has 0 atom stereocenters. The fourth-order valence-corrected chi connectivity index (χ4v) is 1.34. The van der Waals surface area contributed by atoms with Gasteiger partial charge in [0.05, 0.1) is 6.61 Å². The molecule has 0 radical (unpaired) electrons. The highest BCUT2D eigenvalue weighted by molar-refractivity contribution is 5.07. The molecular formula is C12H19NO2. The molecule has 1 rings (SSSR count). The number of aromatic nitrogens is 1. The fraction of sp³-hybridized carbons (Fsp3) is 0.583. The second kappa shape index (κ2) is 8.38. The van der Waals surface area contributed by atoms with Gasteiger partial charge < -0.3 is 9.84 Å². The van der Waals surface area contributed by atoms with Crippen molar-refractivity contribution < 1.29 is 9.84 Å². The molecule has 0 aliphatic rings. The normalized spacial score (nSPS) is 10.5. The number of rotatable bonds is 8. The van der Waals surface area contributed by atoms with Gasteiger partial charge in [-0.05, 0) is 30.5 Å². The molecule has 0 unspecified atom stereocenters. The summed E-state index contributed by atoms with van der Waals surface area (Å²) in [5.41, 5.74) is 1.17. The highest BCUT2D eigenvalue weighted by atomic mass is 16.5. The summed E-state index contributed by atoms with van der Waals surface area (Å²) in [6.07, 6.45) is 7.77. The number of pyridine rings is 1. The minimum Gasteiger partial charge on any atom is -0.396 e. The zero-order valence-corrected chi connectivity index (χ0v) is 9.06. The van der Waals surface area contributed by atoms with Crippen molar-refractivity contribution in [2.45, 2.75) is 32.3 Å². The topological polar surface area (TPSA) is 42.4 Å². The van der Waals surface area contributed by atoms with Crippen molar-refractivity contribution in [3.63, 3.8) is 0 Å². The molecule has 0 aliphatic heterocycles. The lowest BCUT2D eigenvalue weighted by atomic mass is 10.2. The number of hydrogen-bond donors (Lipinski definition) is 1. The van der Waals surface area contributed by atoms with Crippen LogP contribution in [0.3, 0.4) is 0 Å². The van der Waals surface area contributed by atoms with Crippen molar-refractivity contribution in [3.8, 4) is 0 Å². The van der Waals surface area contributed by atoms with E-state index in [1.54, 1.807) is 12.4 Å². The molecule has 0 spiro atoms. The summed E-state index contributed by atoms with van der Waals surface area (Å²) in [6, 6.07) is 3.93. The Hall–Kier alpha value is -0.930. The predicted molar refractivity (Wildman–Crippen MR) is 59.4 cm³/mol. The van der Waals surface area contributed by atoms with Crippen LogP contribution in [0.25, 0.3) is 0 Å². The number of hydrogen-bond acceptors (Lipinski definition) is 3. The first-order valence-corrected chi connectivity index (χ1v) is 5.51. The van der Waals surface area contributed by atoms with Gasteiger partial charge in [0.2, 0.25) is 0 Å². The summed E-state index contributed by atoms with van der Waals surface area (Å²) in [6.45, 7) is 1.77. The minimum absolute atomic E-state index is 0.303. The van der Waals surface area contributed by atoms with Crippen LogP contribution in [0, 0.1) is 0 Å². The molecule has 0 bridgehead atoms. The van der Waals surface area contributed by atoms with Gasteiger partial charge in [-0.15, -0.1) is 0 Å². The third-order valence-corrected chi connectivity index (χ3v) is 2.21. The van der Waals surface area contributed by atoms with Gasteiger partial charge >= 0.3 is 0 Å². The highest BCUT2D eigenvalue weighted by Crippen LogP contribution is 2.02. The maximum absolute atomic E-state index is 8.58. The lowest BCUT2D eigenvalue weighted by Crippen LogP contribution is -1.96. The molecule has 1 aromatic rings. The van der Waals surface area contributed by atoms with Gasteiger partial charge in [-0.3, -0.25) is 4.98 Å². The molecular weight excluding hydrogens is 190 g/mol. The Morgan fingerprint density at radius 2 is 1.80 bits per heavy atom. The average molecular weight is 209 g/mol. The molecule has 0 fully saturated rings. The summed E-state index contributed by atoms with van der Waals surface area (Å²) in [5.74, 6) is 0. The molecule has 1 heterocycles. The van der Waals surface area contributed by atoms with Gasteiger partial charge in [0.15, 0.2) is 0 Å². The smallest absolute Gasteiger partial charge is 0.0717 e. The van der Waals surface area contributed by atoms with Gasteiger partial charge in [0.25, 0.3) is 0 Å². The summed E-state index contributed by atoms with van der Waals surface area (Å²) in [7, 11) is 0. The third-order valence-electron chi connectivity index (χ3n) is 2.21. The van der Waals surface area contributed by atoms with Crippen LogP contribution >= 0.6 is 0 Å². The van der Waals surface area contributed by atoms with Gasteiger partial charge in [-0.2, -0.15) is 0 Å². The Bertz CT molecular complexity index is 239. The van der Waals surface area contributed by atoms with Gasteiger partial charge in [-0.25, -0.2) is 0 Å². The van der Waals surface area contributed by atoms with Crippen LogP contribution in [0.5, 0.6) is 0 Å². The van der Waals surface area contributed by atoms with Gasteiger partial charge in [0.1, 0.15) is 0 Å². The zero-order valence-electron chi connectivity index (χ0n) is 9.06. The number of nitrogens with zero attached hydrogens (tertiary/aromatic N) is 1. The third kappa shape index (κ3) is 6.20. The summed E-state index contributed by atoms with van der Waals surface area (Å²) in [5, 5.41) is 8.58. The molecule has 1 aromatic heterocycles. The molecule has 15 heavy (non-hydrogen) atoms. The number of aliphatic hydroxyl groups excluding tert-OH is 1. The Labute approximate surface area is 91.1 Å². The van der Waals surface area contributed by atoms with E-state index in [1.165, 1.54) is 5.56 Å². The van der Waals surface area contributed by atoms with Gasteiger partial charge in [-0.1, -0.05) is 12.8 Å². The standard InChI is InChI=1S/C12H19NO2/c14-9-3-1-2-4-10-15-11-12-5-7-13-8-6-12/h5-8,14H,1-4,9-11H2. The number of unbranched alkanes of at least 4 members (excludes halogenated alkanes) is 3. The van der Waals surface area contributed by atoms with Crippen LogP contribution in [0.15, 0.2) is 24.5 Å². The maximum Gasteiger partial charge on any atom is 0.0717 e. The molecule has 3 heteroatoms. The fourth-order valence-electron chi connectivity index (χ4n) is 1.34. The van der Waals surface area contributed by atoms with E-state index in [4.69, 9.17) is 9.84 Å². The second-order valence-corrected chi connectivity index (χ2v) is 3.55. The van der Waals surface area contributed by atoms with Crippen molar-refractivity contribution in [2.24, 2.45) is 0 Å². The average Bonchev–Trinajstić information content (AvgIpc) is 2.29. The highest BCUT2D eigenvalue weighted by Gasteiger charge is 1.92. The van der Waals surface area contributed by atoms with Crippen molar-refractivity contribution in [2.75, 3.05) is 13.2 Å². The van der Waals surface area contributed by atoms with Crippen LogP contribution in [0.4, 0.5) is 0 Å². The summed E-state index contributed by atoms with van der Waals surface area (Å²) in [4.78, 5) is 3.94. The van der Waals surface area contributed by atoms with Crippen LogP contribution in [-0.4, -0.2) is 23.3 Å². The number of ether oxygens (including phenoxy) is 1. The SMILES string of the molecule is OCCCCCCOCc1ccncc1. The van der Waals surface area contributed by atoms with E-state index in [2.05, 4.69) is 4.98 Å². The first-order valence-electron chi connectivity index (χ1n) is 5.51. The molecule has 0 aliphatic carbocycles. The quantitative estimate of drug-likeness (QED) is 0.667. The van der Waals surface area contributed by atoms with Crippen molar-refractivity contribution in [1.29, 1.82) is 0 Å². The Balaban J connectivity index is 1.93. The summed E-state index contributed by atoms with van der Waals surface area (Å²) < 4.78 is 5.51. The lowest BCUT2D eigenvalue weighted by Gasteiger charge is -2.03. The van der Waals surface area contributed by atoms with Crippen LogP contribution in [0.2, 0.25) is 0 Å². The van der Waals surface area contributed by atoms with E-state index in [0.717, 1.165) is 32.3 Å². The van der Waals surface area contributed by atoms with Crippen molar-refractivity contribution in [3.05, 3.63) is 30.1 Å². The van der Waals surface area contributed by atoms with Crippen LogP contribution in [-0.2, 0) is 11.3 Å². The number of aliphatic hydroxyl groups is 1.